The molecule has 0 saturated heterocycles. The van der Waals surface area contributed by atoms with Gasteiger partial charge >= 0.3 is 0 Å². The van der Waals surface area contributed by atoms with Gasteiger partial charge < -0.3 is 4.90 Å². The first-order valence-electron chi connectivity index (χ1n) is 10.7. The predicted octanol–water partition coefficient (Wildman–Crippen LogP) is 5.64. The van der Waals surface area contributed by atoms with E-state index in [1.165, 1.54) is 5.56 Å². The molecule has 152 valence electrons. The lowest BCUT2D eigenvalue weighted by atomic mass is 10.2. The lowest BCUT2D eigenvalue weighted by molar-refractivity contribution is -0.113. The highest BCUT2D eigenvalue weighted by molar-refractivity contribution is 6.28. The van der Waals surface area contributed by atoms with Gasteiger partial charge in [0, 0.05) is 13.1 Å². The van der Waals surface area contributed by atoms with Crippen LogP contribution in [0.25, 0.3) is 6.08 Å². The maximum atomic E-state index is 13.4. The summed E-state index contributed by atoms with van der Waals surface area (Å²) in [5.74, 6) is 0.689. The van der Waals surface area contributed by atoms with E-state index in [1.807, 2.05) is 60.7 Å². The Morgan fingerprint density at radius 3 is 2.14 bits per heavy atom. The number of amides is 1. The van der Waals surface area contributed by atoms with Crippen molar-refractivity contribution in [2.75, 3.05) is 18.0 Å². The number of hydrogen-bond donors (Lipinski definition) is 0. The number of unbranched alkanes of at least 4 members (excludes halogenated alkanes) is 2. The molecule has 0 aromatic heterocycles. The first kappa shape index (κ1) is 20.8. The van der Waals surface area contributed by atoms with Crippen molar-refractivity contribution in [1.29, 1.82) is 0 Å². The number of carbonyl (C=O) groups excluding carboxylic acids is 1. The summed E-state index contributed by atoms with van der Waals surface area (Å²) in [6.45, 7) is 8.25. The van der Waals surface area contributed by atoms with Crippen LogP contribution in [0.3, 0.4) is 0 Å². The molecule has 0 bridgehead atoms. The van der Waals surface area contributed by atoms with E-state index in [0.29, 0.717) is 5.70 Å². The fourth-order valence-electron chi connectivity index (χ4n) is 3.36. The van der Waals surface area contributed by atoms with Crippen LogP contribution < -0.4 is 4.90 Å². The van der Waals surface area contributed by atoms with Crippen molar-refractivity contribution < 1.29 is 4.79 Å². The molecule has 1 amide bonds. The lowest BCUT2D eigenvalue weighted by Gasteiger charge is -2.29. The molecule has 0 unspecified atom stereocenters. The molecule has 0 radical (unpaired) electrons. The molecule has 2 aromatic carbocycles. The van der Waals surface area contributed by atoms with Crippen molar-refractivity contribution in [2.24, 2.45) is 4.99 Å². The van der Waals surface area contributed by atoms with Crippen molar-refractivity contribution in [2.45, 2.75) is 46.5 Å². The van der Waals surface area contributed by atoms with Gasteiger partial charge in [-0.15, -0.1) is 0 Å². The molecule has 0 atom stereocenters. The third-order valence-electron chi connectivity index (χ3n) is 5.08. The van der Waals surface area contributed by atoms with E-state index in [1.54, 1.807) is 4.90 Å². The molecule has 1 heterocycles. The summed E-state index contributed by atoms with van der Waals surface area (Å²) in [6, 6.07) is 18.0. The Kier molecular flexibility index (Phi) is 7.23. The largest absolute Gasteiger partial charge is 0.342 e. The number of benzene rings is 2. The number of carbonyl (C=O) groups is 1. The number of hydrogen-bond acceptors (Lipinski definition) is 3. The molecule has 4 heteroatoms. The van der Waals surface area contributed by atoms with Crippen LogP contribution in [-0.4, -0.2) is 29.9 Å². The fourth-order valence-corrected chi connectivity index (χ4v) is 3.36. The van der Waals surface area contributed by atoms with E-state index in [9.17, 15) is 4.79 Å². The zero-order valence-corrected chi connectivity index (χ0v) is 17.8. The Labute approximate surface area is 174 Å². The Bertz CT molecular complexity index is 861. The Morgan fingerprint density at radius 1 is 0.931 bits per heavy atom. The van der Waals surface area contributed by atoms with E-state index < -0.39 is 0 Å². The second-order valence-electron chi connectivity index (χ2n) is 7.52. The van der Waals surface area contributed by atoms with Gasteiger partial charge in [-0.05, 0) is 43.5 Å². The molecule has 1 aliphatic rings. The van der Waals surface area contributed by atoms with Crippen molar-refractivity contribution >= 4 is 23.6 Å². The summed E-state index contributed by atoms with van der Waals surface area (Å²) in [5.41, 5.74) is 3.52. The average Bonchev–Trinajstić information content (AvgIpc) is 3.05. The second kappa shape index (κ2) is 10.1. The van der Waals surface area contributed by atoms with Crippen molar-refractivity contribution in [3.8, 4) is 0 Å². The van der Waals surface area contributed by atoms with E-state index in [4.69, 9.17) is 4.99 Å². The zero-order valence-electron chi connectivity index (χ0n) is 17.8. The van der Waals surface area contributed by atoms with Crippen LogP contribution in [0.4, 0.5) is 5.69 Å². The Hall–Kier alpha value is -2.88. The topological polar surface area (TPSA) is 35.9 Å². The van der Waals surface area contributed by atoms with E-state index >= 15 is 0 Å². The molecule has 1 aliphatic heterocycles. The van der Waals surface area contributed by atoms with Gasteiger partial charge in [0.05, 0.1) is 5.69 Å². The van der Waals surface area contributed by atoms with Gasteiger partial charge in [-0.25, -0.2) is 9.89 Å². The number of rotatable bonds is 8. The molecule has 29 heavy (non-hydrogen) atoms. The maximum Gasteiger partial charge on any atom is 0.283 e. The summed E-state index contributed by atoms with van der Waals surface area (Å²) in [6.07, 6.45) is 6.27. The number of aliphatic imine (C=N–C) groups is 1. The van der Waals surface area contributed by atoms with Gasteiger partial charge in [0.1, 0.15) is 5.70 Å². The number of nitrogens with zero attached hydrogens (tertiary/aromatic N) is 3. The number of guanidine groups is 1. The zero-order chi connectivity index (χ0) is 20.6. The minimum atomic E-state index is -0.0642. The highest BCUT2D eigenvalue weighted by Crippen LogP contribution is 2.27. The second-order valence-corrected chi connectivity index (χ2v) is 7.52. The normalized spacial score (nSPS) is 15.1. The number of anilines is 1. The molecular weight excluding hydrogens is 358 g/mol. The van der Waals surface area contributed by atoms with Gasteiger partial charge in [-0.2, -0.15) is 0 Å². The van der Waals surface area contributed by atoms with Crippen LogP contribution in [0.5, 0.6) is 0 Å². The van der Waals surface area contributed by atoms with Crippen molar-refractivity contribution in [3.63, 3.8) is 0 Å². The third kappa shape index (κ3) is 5.14. The SMILES string of the molecule is CCCCN(CCCC)C1=N/C(=C/c2ccccc2)C(=O)N1c1ccc(C)cc1. The molecular formula is C25H31N3O. The molecule has 0 fully saturated rings. The maximum absolute atomic E-state index is 13.4. The molecule has 0 N–H and O–H groups in total. The fraction of sp³-hybridized carbons (Fsp3) is 0.360. The van der Waals surface area contributed by atoms with Gasteiger partial charge in [-0.1, -0.05) is 74.7 Å². The standard InChI is InChI=1S/C25H31N3O/c1-4-6-17-27(18-7-5-2)25-26-23(19-21-11-9-8-10-12-21)24(29)28(25)22-15-13-20(3)14-16-22/h8-16,19H,4-7,17-18H2,1-3H3/b23-19+. The van der Waals surface area contributed by atoms with Gasteiger partial charge in [0.2, 0.25) is 5.96 Å². The van der Waals surface area contributed by atoms with Crippen LogP contribution in [0, 0.1) is 6.92 Å². The quantitative estimate of drug-likeness (QED) is 0.548. The molecule has 0 saturated carbocycles. The summed E-state index contributed by atoms with van der Waals surface area (Å²) in [5, 5.41) is 0. The highest BCUT2D eigenvalue weighted by Gasteiger charge is 2.34. The molecule has 0 spiro atoms. The van der Waals surface area contributed by atoms with Crippen LogP contribution in [0.2, 0.25) is 0 Å². The van der Waals surface area contributed by atoms with Crippen LogP contribution in [0.1, 0.15) is 50.7 Å². The minimum absolute atomic E-state index is 0.0642. The first-order valence-corrected chi connectivity index (χ1v) is 10.7. The van der Waals surface area contributed by atoms with E-state index in [-0.39, 0.29) is 5.91 Å². The van der Waals surface area contributed by atoms with Crippen LogP contribution >= 0.6 is 0 Å². The van der Waals surface area contributed by atoms with Gasteiger partial charge in [0.25, 0.3) is 5.91 Å². The summed E-state index contributed by atoms with van der Waals surface area (Å²) >= 11 is 0. The smallest absolute Gasteiger partial charge is 0.283 e. The highest BCUT2D eigenvalue weighted by atomic mass is 16.2. The minimum Gasteiger partial charge on any atom is -0.342 e. The van der Waals surface area contributed by atoms with Crippen molar-refractivity contribution in [1.82, 2.24) is 4.90 Å². The first-order chi connectivity index (χ1) is 14.1. The van der Waals surface area contributed by atoms with Gasteiger partial charge in [0.15, 0.2) is 0 Å². The molecule has 4 nitrogen and oxygen atoms in total. The van der Waals surface area contributed by atoms with E-state index in [2.05, 4.69) is 25.7 Å². The third-order valence-corrected chi connectivity index (χ3v) is 5.08. The van der Waals surface area contributed by atoms with Crippen LogP contribution in [-0.2, 0) is 4.79 Å². The summed E-state index contributed by atoms with van der Waals surface area (Å²) in [4.78, 5) is 22.3. The van der Waals surface area contributed by atoms with Gasteiger partial charge in [-0.3, -0.25) is 4.79 Å². The average molecular weight is 390 g/mol. The summed E-state index contributed by atoms with van der Waals surface area (Å²) < 4.78 is 0. The number of aryl methyl sites for hydroxylation is 1. The predicted molar refractivity (Wildman–Crippen MR) is 122 cm³/mol. The molecule has 3 rings (SSSR count). The summed E-state index contributed by atoms with van der Waals surface area (Å²) in [7, 11) is 0. The van der Waals surface area contributed by atoms with Crippen molar-refractivity contribution in [3.05, 3.63) is 71.4 Å². The van der Waals surface area contributed by atoms with Crippen LogP contribution in [0.15, 0.2) is 65.3 Å². The molecule has 0 aliphatic carbocycles. The Balaban J connectivity index is 2.01. The monoisotopic (exact) mass is 389 g/mol. The van der Waals surface area contributed by atoms with E-state index in [0.717, 1.165) is 56.0 Å². The Morgan fingerprint density at radius 2 is 1.55 bits per heavy atom. The lowest BCUT2D eigenvalue weighted by Crippen LogP contribution is -2.45. The molecule has 2 aromatic rings.